The van der Waals surface area contributed by atoms with E-state index in [0.717, 1.165) is 0 Å². The molecular formula is C14H23N3O4. The second-order valence-corrected chi connectivity index (χ2v) is 5.94. The van der Waals surface area contributed by atoms with Crippen LogP contribution in [0.1, 0.15) is 24.3 Å². The van der Waals surface area contributed by atoms with Crippen molar-refractivity contribution in [1.82, 2.24) is 14.5 Å². The Kier molecular flexibility index (Phi) is 4.97. The second-order valence-electron chi connectivity index (χ2n) is 5.94. The number of nitrogens with zero attached hydrogens (tertiary/aromatic N) is 3. The first kappa shape index (κ1) is 15.9. The maximum absolute atomic E-state index is 12.6. The van der Waals surface area contributed by atoms with Crippen LogP contribution in [0.2, 0.25) is 0 Å². The Morgan fingerprint density at radius 3 is 2.81 bits per heavy atom. The summed E-state index contributed by atoms with van der Waals surface area (Å²) in [6, 6.07) is -0.564. The fourth-order valence-corrected chi connectivity index (χ4v) is 2.47. The molecule has 0 radical (unpaired) electrons. The minimum absolute atomic E-state index is 0.0883. The normalized spacial score (nSPS) is 26.1. The van der Waals surface area contributed by atoms with Crippen molar-refractivity contribution < 1.29 is 19.7 Å². The molecule has 1 aromatic heterocycles. The van der Waals surface area contributed by atoms with E-state index in [2.05, 4.69) is 4.98 Å². The molecule has 1 aliphatic heterocycles. The van der Waals surface area contributed by atoms with Gasteiger partial charge in [0.1, 0.15) is 17.9 Å². The van der Waals surface area contributed by atoms with Crippen molar-refractivity contribution in [1.29, 1.82) is 0 Å². The molecule has 2 rings (SSSR count). The average molecular weight is 297 g/mol. The molecule has 1 aromatic rings. The summed E-state index contributed by atoms with van der Waals surface area (Å²) in [5, 5.41) is 19.9. The van der Waals surface area contributed by atoms with Gasteiger partial charge in [0, 0.05) is 19.8 Å². The van der Waals surface area contributed by atoms with Crippen LogP contribution in [-0.4, -0.2) is 68.6 Å². The van der Waals surface area contributed by atoms with Gasteiger partial charge in [-0.05, 0) is 5.92 Å². The fraction of sp³-hybridized carbons (Fsp3) is 0.714. The fourth-order valence-electron chi connectivity index (χ4n) is 2.47. The number of ether oxygens (including phenoxy) is 1. The van der Waals surface area contributed by atoms with Crippen LogP contribution >= 0.6 is 0 Å². The summed E-state index contributed by atoms with van der Waals surface area (Å²) in [4.78, 5) is 18.3. The molecule has 0 spiro atoms. The van der Waals surface area contributed by atoms with E-state index in [1.807, 2.05) is 13.8 Å². The highest BCUT2D eigenvalue weighted by molar-refractivity contribution is 5.92. The number of aliphatic hydroxyl groups excluding tert-OH is 2. The molecule has 1 aliphatic rings. The first-order valence-corrected chi connectivity index (χ1v) is 7.13. The molecule has 118 valence electrons. The maximum Gasteiger partial charge on any atom is 0.274 e. The van der Waals surface area contributed by atoms with Gasteiger partial charge >= 0.3 is 0 Å². The maximum atomic E-state index is 12.6. The summed E-state index contributed by atoms with van der Waals surface area (Å²) in [7, 11) is 1.79. The molecular weight excluding hydrogens is 274 g/mol. The molecule has 1 amide bonds. The molecule has 7 nitrogen and oxygen atoms in total. The van der Waals surface area contributed by atoms with E-state index in [1.54, 1.807) is 29.0 Å². The Bertz CT molecular complexity index is 488. The Hall–Kier alpha value is -1.44. The van der Waals surface area contributed by atoms with Crippen molar-refractivity contribution in [3.63, 3.8) is 0 Å². The van der Waals surface area contributed by atoms with Gasteiger partial charge in [-0.15, -0.1) is 0 Å². The van der Waals surface area contributed by atoms with Crippen molar-refractivity contribution in [2.75, 3.05) is 19.8 Å². The molecule has 0 saturated carbocycles. The molecule has 1 saturated heterocycles. The van der Waals surface area contributed by atoms with Gasteiger partial charge < -0.3 is 24.4 Å². The SMILES string of the molecule is CC(C)CN(C(=O)c1cn(C)cn1)[C@@H]1COC[C@@H](O)[C@H]1O. The number of hydrogen-bond donors (Lipinski definition) is 2. The van der Waals surface area contributed by atoms with Crippen LogP contribution in [0, 0.1) is 5.92 Å². The molecule has 3 atom stereocenters. The third-order valence-electron chi connectivity index (χ3n) is 3.51. The molecule has 2 N–H and O–H groups in total. The predicted molar refractivity (Wildman–Crippen MR) is 75.7 cm³/mol. The lowest BCUT2D eigenvalue weighted by atomic mass is 10.0. The molecule has 0 aromatic carbocycles. The van der Waals surface area contributed by atoms with Gasteiger partial charge in [-0.1, -0.05) is 13.8 Å². The van der Waals surface area contributed by atoms with Crippen LogP contribution in [0.5, 0.6) is 0 Å². The summed E-state index contributed by atoms with van der Waals surface area (Å²) in [5.74, 6) is -0.0324. The highest BCUT2D eigenvalue weighted by Crippen LogP contribution is 2.19. The first-order chi connectivity index (χ1) is 9.90. The lowest BCUT2D eigenvalue weighted by Crippen LogP contribution is -2.58. The molecule has 0 unspecified atom stereocenters. The van der Waals surface area contributed by atoms with E-state index < -0.39 is 18.2 Å². The summed E-state index contributed by atoms with van der Waals surface area (Å²) in [5.41, 5.74) is 0.324. The zero-order valence-corrected chi connectivity index (χ0v) is 12.6. The summed E-state index contributed by atoms with van der Waals surface area (Å²) < 4.78 is 6.99. The van der Waals surface area contributed by atoms with E-state index >= 15 is 0 Å². The summed E-state index contributed by atoms with van der Waals surface area (Å²) in [6.07, 6.45) is 1.21. The highest BCUT2D eigenvalue weighted by Gasteiger charge is 2.38. The molecule has 0 aliphatic carbocycles. The third kappa shape index (κ3) is 3.61. The van der Waals surface area contributed by atoms with Crippen LogP contribution in [0.4, 0.5) is 0 Å². The lowest BCUT2D eigenvalue weighted by molar-refractivity contribution is -0.126. The lowest BCUT2D eigenvalue weighted by Gasteiger charge is -2.40. The summed E-state index contributed by atoms with van der Waals surface area (Å²) >= 11 is 0. The highest BCUT2D eigenvalue weighted by atomic mass is 16.5. The van der Waals surface area contributed by atoms with E-state index in [0.29, 0.717) is 12.2 Å². The Morgan fingerprint density at radius 2 is 2.24 bits per heavy atom. The topological polar surface area (TPSA) is 87.8 Å². The van der Waals surface area contributed by atoms with E-state index in [1.165, 1.54) is 0 Å². The number of aryl methyl sites for hydroxylation is 1. The summed E-state index contributed by atoms with van der Waals surface area (Å²) in [6.45, 7) is 4.75. The van der Waals surface area contributed by atoms with Crippen molar-refractivity contribution in [3.8, 4) is 0 Å². The molecule has 21 heavy (non-hydrogen) atoms. The van der Waals surface area contributed by atoms with Gasteiger partial charge in [0.2, 0.25) is 0 Å². The van der Waals surface area contributed by atoms with Gasteiger partial charge in [-0.2, -0.15) is 0 Å². The van der Waals surface area contributed by atoms with Crippen molar-refractivity contribution in [2.45, 2.75) is 32.1 Å². The number of aromatic nitrogens is 2. The van der Waals surface area contributed by atoms with Crippen molar-refractivity contribution in [2.24, 2.45) is 13.0 Å². The van der Waals surface area contributed by atoms with Crippen LogP contribution in [0.25, 0.3) is 0 Å². The van der Waals surface area contributed by atoms with Crippen molar-refractivity contribution >= 4 is 5.91 Å². The second kappa shape index (κ2) is 6.55. The van der Waals surface area contributed by atoms with Crippen LogP contribution < -0.4 is 0 Å². The number of hydrogen-bond acceptors (Lipinski definition) is 5. The van der Waals surface area contributed by atoms with Crippen LogP contribution in [0.3, 0.4) is 0 Å². The van der Waals surface area contributed by atoms with Gasteiger partial charge in [-0.3, -0.25) is 4.79 Å². The first-order valence-electron chi connectivity index (χ1n) is 7.13. The number of imidazole rings is 1. The zero-order valence-electron chi connectivity index (χ0n) is 12.6. The quantitative estimate of drug-likeness (QED) is 0.792. The number of carbonyl (C=O) groups is 1. The van der Waals surface area contributed by atoms with Crippen molar-refractivity contribution in [3.05, 3.63) is 18.2 Å². The number of amides is 1. The molecule has 7 heteroatoms. The van der Waals surface area contributed by atoms with Gasteiger partial charge in [-0.25, -0.2) is 4.98 Å². The van der Waals surface area contributed by atoms with Gasteiger partial charge in [0.15, 0.2) is 0 Å². The molecule has 1 fully saturated rings. The number of rotatable bonds is 4. The largest absolute Gasteiger partial charge is 0.388 e. The minimum atomic E-state index is -1.01. The Labute approximate surface area is 124 Å². The van der Waals surface area contributed by atoms with Crippen LogP contribution in [0.15, 0.2) is 12.5 Å². The standard InChI is InChI=1S/C14H23N3O4/c1-9(2)4-17(11-6-21-7-12(18)13(11)19)14(20)10-5-16(3)8-15-10/h5,8-9,11-13,18-19H,4,6-7H2,1-3H3/t11-,12-,13+/m1/s1. The smallest absolute Gasteiger partial charge is 0.274 e. The molecule has 2 heterocycles. The zero-order chi connectivity index (χ0) is 15.6. The van der Waals surface area contributed by atoms with E-state index in [9.17, 15) is 15.0 Å². The minimum Gasteiger partial charge on any atom is -0.388 e. The average Bonchev–Trinajstić information content (AvgIpc) is 2.85. The monoisotopic (exact) mass is 297 g/mol. The van der Waals surface area contributed by atoms with E-state index in [-0.39, 0.29) is 25.0 Å². The number of carbonyl (C=O) groups excluding carboxylic acids is 1. The third-order valence-corrected chi connectivity index (χ3v) is 3.51. The Morgan fingerprint density at radius 1 is 1.52 bits per heavy atom. The molecule has 0 bridgehead atoms. The van der Waals surface area contributed by atoms with E-state index in [4.69, 9.17) is 4.74 Å². The van der Waals surface area contributed by atoms with Gasteiger partial charge in [0.05, 0.1) is 25.6 Å². The van der Waals surface area contributed by atoms with Crippen LogP contribution in [-0.2, 0) is 11.8 Å². The number of aliphatic hydroxyl groups is 2. The van der Waals surface area contributed by atoms with Gasteiger partial charge in [0.25, 0.3) is 5.91 Å². The predicted octanol–water partition coefficient (Wildman–Crippen LogP) is -0.361. The Balaban J connectivity index is 2.23.